The third-order valence-corrected chi connectivity index (χ3v) is 6.95. The molecule has 4 atom stereocenters. The van der Waals surface area contributed by atoms with Crippen LogP contribution in [-0.4, -0.2) is 41.3 Å². The smallest absolute Gasteiger partial charge is 0.115 e. The van der Waals surface area contributed by atoms with Crippen molar-refractivity contribution in [2.24, 2.45) is 5.92 Å². The number of phenols is 1. The van der Waals surface area contributed by atoms with Gasteiger partial charge in [0.15, 0.2) is 0 Å². The highest BCUT2D eigenvalue weighted by atomic mass is 16.5. The molecule has 2 heterocycles. The number of rotatable bonds is 2. The lowest BCUT2D eigenvalue weighted by Gasteiger charge is -2.55. The summed E-state index contributed by atoms with van der Waals surface area (Å²) in [5, 5.41) is 9.93. The first-order valence-electron chi connectivity index (χ1n) is 9.12. The van der Waals surface area contributed by atoms with Crippen LogP contribution < -0.4 is 0 Å². The van der Waals surface area contributed by atoms with Crippen LogP contribution in [0.4, 0.5) is 0 Å². The number of hydrogen-bond acceptors (Lipinski definition) is 3. The van der Waals surface area contributed by atoms with Gasteiger partial charge in [-0.2, -0.15) is 0 Å². The van der Waals surface area contributed by atoms with Gasteiger partial charge in [0, 0.05) is 19.2 Å². The number of benzene rings is 1. The summed E-state index contributed by atoms with van der Waals surface area (Å²) in [6, 6.07) is 6.59. The highest BCUT2D eigenvalue weighted by Crippen LogP contribution is 2.49. The third-order valence-electron chi connectivity index (χ3n) is 6.95. The molecule has 3 nitrogen and oxygen atoms in total. The molecule has 4 rings (SSSR count). The summed E-state index contributed by atoms with van der Waals surface area (Å²) in [6.07, 6.45) is 4.65. The number of ether oxygens (including phenoxy) is 1. The Kier molecular flexibility index (Phi) is 3.51. The molecular formula is C20H29NO2. The number of likely N-dealkylation sites (tertiary alicyclic amines) is 1. The molecule has 0 amide bonds. The molecule has 0 radical (unpaired) electrons. The van der Waals surface area contributed by atoms with E-state index in [2.05, 4.69) is 31.7 Å². The first-order valence-corrected chi connectivity index (χ1v) is 9.12. The fourth-order valence-corrected chi connectivity index (χ4v) is 5.28. The number of aromatic hydroxyl groups is 1. The highest BCUT2D eigenvalue weighted by Gasteiger charge is 2.49. The Morgan fingerprint density at radius 1 is 1.30 bits per heavy atom. The van der Waals surface area contributed by atoms with Crippen LogP contribution in [0.3, 0.4) is 0 Å². The maximum absolute atomic E-state index is 9.93. The number of fused-ring (bicyclic) bond motifs is 4. The maximum atomic E-state index is 9.93. The van der Waals surface area contributed by atoms with E-state index in [1.807, 2.05) is 12.1 Å². The molecule has 2 fully saturated rings. The number of piperidine rings is 1. The summed E-state index contributed by atoms with van der Waals surface area (Å²) in [4.78, 5) is 2.69. The molecule has 126 valence electrons. The van der Waals surface area contributed by atoms with E-state index in [9.17, 15) is 5.11 Å². The minimum atomic E-state index is 0.0443. The zero-order chi connectivity index (χ0) is 16.2. The van der Waals surface area contributed by atoms with Crippen molar-refractivity contribution in [1.29, 1.82) is 0 Å². The van der Waals surface area contributed by atoms with Gasteiger partial charge >= 0.3 is 0 Å². The van der Waals surface area contributed by atoms with Crippen LogP contribution in [0.25, 0.3) is 0 Å². The van der Waals surface area contributed by atoms with E-state index in [4.69, 9.17) is 4.74 Å². The molecule has 0 saturated carbocycles. The SMILES string of the molecule is CC1[C@@H]2Cc3ccc(O)cc3[C@@]1(C)CCN2C[C@]1(C)CCCO1. The second kappa shape index (κ2) is 5.22. The molecule has 23 heavy (non-hydrogen) atoms. The van der Waals surface area contributed by atoms with Crippen LogP contribution in [0.2, 0.25) is 0 Å². The van der Waals surface area contributed by atoms with Gasteiger partial charge < -0.3 is 9.84 Å². The van der Waals surface area contributed by atoms with Crippen LogP contribution >= 0.6 is 0 Å². The van der Waals surface area contributed by atoms with Gasteiger partial charge in [-0.15, -0.1) is 0 Å². The van der Waals surface area contributed by atoms with E-state index < -0.39 is 0 Å². The van der Waals surface area contributed by atoms with Gasteiger partial charge in [-0.3, -0.25) is 4.90 Å². The monoisotopic (exact) mass is 315 g/mol. The molecule has 1 aromatic carbocycles. The predicted molar refractivity (Wildman–Crippen MR) is 91.9 cm³/mol. The number of phenolic OH excluding ortho intramolecular Hbond substituents is 1. The lowest BCUT2D eigenvalue weighted by Crippen LogP contribution is -2.60. The van der Waals surface area contributed by atoms with Gasteiger partial charge in [-0.25, -0.2) is 0 Å². The zero-order valence-electron chi connectivity index (χ0n) is 14.6. The Morgan fingerprint density at radius 2 is 2.13 bits per heavy atom. The molecule has 2 bridgehead atoms. The quantitative estimate of drug-likeness (QED) is 0.907. The van der Waals surface area contributed by atoms with Crippen LogP contribution in [0, 0.1) is 5.92 Å². The maximum Gasteiger partial charge on any atom is 0.115 e. The summed E-state index contributed by atoms with van der Waals surface area (Å²) in [5.41, 5.74) is 3.04. The van der Waals surface area contributed by atoms with Crippen LogP contribution in [0.5, 0.6) is 5.75 Å². The second-order valence-corrected chi connectivity index (χ2v) is 8.44. The van der Waals surface area contributed by atoms with E-state index in [-0.39, 0.29) is 11.0 Å². The lowest BCUT2D eigenvalue weighted by atomic mass is 9.59. The molecule has 3 heteroatoms. The molecule has 0 aromatic heterocycles. The van der Waals surface area contributed by atoms with Crippen LogP contribution in [0.1, 0.15) is 51.2 Å². The molecule has 1 aliphatic carbocycles. The van der Waals surface area contributed by atoms with Gasteiger partial charge in [0.2, 0.25) is 0 Å². The van der Waals surface area contributed by atoms with Crippen molar-refractivity contribution in [2.45, 2.75) is 63.5 Å². The molecule has 0 spiro atoms. The first kappa shape index (κ1) is 15.5. The normalized spacial score (nSPS) is 40.1. The van der Waals surface area contributed by atoms with Gasteiger partial charge in [0.05, 0.1) is 5.60 Å². The minimum Gasteiger partial charge on any atom is -0.508 e. The molecule has 1 aromatic rings. The molecule has 3 aliphatic rings. The first-order chi connectivity index (χ1) is 10.9. The Hall–Kier alpha value is -1.06. The molecule has 2 saturated heterocycles. The second-order valence-electron chi connectivity index (χ2n) is 8.44. The van der Waals surface area contributed by atoms with Gasteiger partial charge in [-0.1, -0.05) is 19.9 Å². The van der Waals surface area contributed by atoms with E-state index in [0.717, 1.165) is 32.5 Å². The average Bonchev–Trinajstić information content (AvgIpc) is 2.93. The van der Waals surface area contributed by atoms with Gasteiger partial charge in [0.25, 0.3) is 0 Å². The van der Waals surface area contributed by atoms with Crippen molar-refractivity contribution < 1.29 is 9.84 Å². The number of hydrogen-bond donors (Lipinski definition) is 1. The van der Waals surface area contributed by atoms with Crippen molar-refractivity contribution >= 4 is 0 Å². The predicted octanol–water partition coefficient (Wildman–Crippen LogP) is 3.49. The van der Waals surface area contributed by atoms with Crippen molar-refractivity contribution in [2.75, 3.05) is 19.7 Å². The molecule has 2 aliphatic heterocycles. The summed E-state index contributed by atoms with van der Waals surface area (Å²) in [7, 11) is 0. The Morgan fingerprint density at radius 3 is 2.87 bits per heavy atom. The summed E-state index contributed by atoms with van der Waals surface area (Å²) in [5.74, 6) is 1.01. The van der Waals surface area contributed by atoms with Crippen molar-refractivity contribution in [3.63, 3.8) is 0 Å². The molecular weight excluding hydrogens is 286 g/mol. The summed E-state index contributed by atoms with van der Waals surface area (Å²) < 4.78 is 6.05. The van der Waals surface area contributed by atoms with Crippen LogP contribution in [0.15, 0.2) is 18.2 Å². The van der Waals surface area contributed by atoms with E-state index in [1.54, 1.807) is 0 Å². The standard InChI is InChI=1S/C20H29NO2/c1-14-18-11-15-5-6-16(22)12-17(15)20(14,3)8-9-21(18)13-19(2)7-4-10-23-19/h5-6,12,14,18,22H,4,7-11,13H2,1-3H3/t14?,18-,19-,20-/m0/s1. The summed E-state index contributed by atoms with van der Waals surface area (Å²) in [6.45, 7) is 10.2. The highest BCUT2D eigenvalue weighted by molar-refractivity contribution is 5.44. The van der Waals surface area contributed by atoms with Crippen molar-refractivity contribution in [1.82, 2.24) is 4.90 Å². The van der Waals surface area contributed by atoms with E-state index in [1.165, 1.54) is 24.0 Å². The Labute approximate surface area is 139 Å². The largest absolute Gasteiger partial charge is 0.508 e. The molecule has 1 unspecified atom stereocenters. The fraction of sp³-hybridized carbons (Fsp3) is 0.700. The molecule has 1 N–H and O–H groups in total. The number of nitrogens with zero attached hydrogens (tertiary/aromatic N) is 1. The summed E-state index contributed by atoms with van der Waals surface area (Å²) >= 11 is 0. The van der Waals surface area contributed by atoms with Gasteiger partial charge in [-0.05, 0) is 73.7 Å². The Bertz CT molecular complexity index is 608. The zero-order valence-corrected chi connectivity index (χ0v) is 14.6. The van der Waals surface area contributed by atoms with Crippen molar-refractivity contribution in [3.05, 3.63) is 29.3 Å². The third kappa shape index (κ3) is 2.40. The van der Waals surface area contributed by atoms with Gasteiger partial charge in [0.1, 0.15) is 5.75 Å². The fourth-order valence-electron chi connectivity index (χ4n) is 5.28. The van der Waals surface area contributed by atoms with Crippen LogP contribution in [-0.2, 0) is 16.6 Å². The average molecular weight is 315 g/mol. The van der Waals surface area contributed by atoms with E-state index in [0.29, 0.717) is 17.7 Å². The topological polar surface area (TPSA) is 32.7 Å². The Balaban J connectivity index is 1.64. The minimum absolute atomic E-state index is 0.0443. The lowest BCUT2D eigenvalue weighted by molar-refractivity contribution is -0.0508. The van der Waals surface area contributed by atoms with E-state index >= 15 is 0 Å². The van der Waals surface area contributed by atoms with Crippen molar-refractivity contribution in [3.8, 4) is 5.75 Å².